The second kappa shape index (κ2) is 5.52. The van der Waals surface area contributed by atoms with Gasteiger partial charge >= 0.3 is 0 Å². The first-order valence-corrected chi connectivity index (χ1v) is 6.43. The Labute approximate surface area is 114 Å². The molecule has 0 aliphatic carbocycles. The minimum absolute atomic E-state index is 0.729. The van der Waals surface area contributed by atoms with E-state index >= 15 is 0 Å². The van der Waals surface area contributed by atoms with E-state index in [9.17, 15) is 0 Å². The zero-order chi connectivity index (χ0) is 12.3. The number of nitrogens with zero attached hydrogens (tertiary/aromatic N) is 1. The van der Waals surface area contributed by atoms with E-state index in [1.54, 1.807) is 6.20 Å². The van der Waals surface area contributed by atoms with Crippen molar-refractivity contribution in [3.05, 3.63) is 57.3 Å². The largest absolute Gasteiger partial charge is 0.380 e. The van der Waals surface area contributed by atoms with Crippen molar-refractivity contribution in [3.63, 3.8) is 0 Å². The number of benzene rings is 1. The molecule has 88 valence electrons. The van der Waals surface area contributed by atoms with E-state index in [1.165, 1.54) is 0 Å². The summed E-state index contributed by atoms with van der Waals surface area (Å²) >= 11 is 9.41. The number of rotatable bonds is 3. The van der Waals surface area contributed by atoms with E-state index in [1.807, 2.05) is 37.3 Å². The highest BCUT2D eigenvalue weighted by atomic mass is 79.9. The molecule has 4 heteroatoms. The zero-order valence-electron chi connectivity index (χ0n) is 9.37. The molecule has 1 heterocycles. The second-order valence-electron chi connectivity index (χ2n) is 3.74. The van der Waals surface area contributed by atoms with Crippen LogP contribution in [0.4, 0.5) is 5.69 Å². The van der Waals surface area contributed by atoms with Crippen molar-refractivity contribution in [2.24, 2.45) is 0 Å². The molecule has 0 aliphatic rings. The molecule has 0 fully saturated rings. The Morgan fingerprint density at radius 3 is 2.88 bits per heavy atom. The molecule has 2 rings (SSSR count). The molecule has 0 bridgehead atoms. The third-order valence-electron chi connectivity index (χ3n) is 2.47. The van der Waals surface area contributed by atoms with Crippen molar-refractivity contribution in [2.75, 3.05) is 5.32 Å². The van der Waals surface area contributed by atoms with Gasteiger partial charge in [-0.2, -0.15) is 0 Å². The van der Waals surface area contributed by atoms with Crippen LogP contribution in [0, 0.1) is 6.92 Å². The van der Waals surface area contributed by atoms with Crippen LogP contribution in [0.3, 0.4) is 0 Å². The van der Waals surface area contributed by atoms with Gasteiger partial charge in [0.1, 0.15) is 0 Å². The zero-order valence-corrected chi connectivity index (χ0v) is 11.7. The normalized spacial score (nSPS) is 10.3. The summed E-state index contributed by atoms with van der Waals surface area (Å²) in [5.74, 6) is 0. The Morgan fingerprint density at radius 2 is 2.18 bits per heavy atom. The van der Waals surface area contributed by atoms with Crippen LogP contribution in [0.15, 0.2) is 41.0 Å². The Hall–Kier alpha value is -1.06. The first-order chi connectivity index (χ1) is 8.16. The summed E-state index contributed by atoms with van der Waals surface area (Å²) < 4.78 is 0.917. The average molecular weight is 312 g/mol. The van der Waals surface area contributed by atoms with Crippen LogP contribution in [0.25, 0.3) is 0 Å². The summed E-state index contributed by atoms with van der Waals surface area (Å²) in [4.78, 5) is 4.23. The third kappa shape index (κ3) is 3.20. The third-order valence-corrected chi connectivity index (χ3v) is 3.71. The SMILES string of the molecule is Cc1ncccc1NCc1ccc(Br)c(Cl)c1. The van der Waals surface area contributed by atoms with Crippen molar-refractivity contribution in [1.29, 1.82) is 0 Å². The lowest BCUT2D eigenvalue weighted by molar-refractivity contribution is 1.11. The summed E-state index contributed by atoms with van der Waals surface area (Å²) in [6.45, 7) is 2.72. The van der Waals surface area contributed by atoms with Gasteiger partial charge in [-0.25, -0.2) is 0 Å². The standard InChI is InChI=1S/C13H12BrClN2/c1-9-13(3-2-6-16-9)17-8-10-4-5-11(14)12(15)7-10/h2-7,17H,8H2,1H3. The fourth-order valence-electron chi connectivity index (χ4n) is 1.52. The highest BCUT2D eigenvalue weighted by molar-refractivity contribution is 9.10. The maximum atomic E-state index is 6.04. The maximum absolute atomic E-state index is 6.04. The van der Waals surface area contributed by atoms with Gasteiger partial charge in [-0.1, -0.05) is 17.7 Å². The second-order valence-corrected chi connectivity index (χ2v) is 5.00. The predicted molar refractivity (Wildman–Crippen MR) is 75.5 cm³/mol. The van der Waals surface area contributed by atoms with Gasteiger partial charge in [0.15, 0.2) is 0 Å². The van der Waals surface area contributed by atoms with Crippen molar-refractivity contribution >= 4 is 33.2 Å². The van der Waals surface area contributed by atoms with E-state index in [4.69, 9.17) is 11.6 Å². The molecule has 0 amide bonds. The molecule has 1 aromatic carbocycles. The Bertz CT molecular complexity index is 529. The van der Waals surface area contributed by atoms with Gasteiger partial charge in [0.2, 0.25) is 0 Å². The van der Waals surface area contributed by atoms with Crippen molar-refractivity contribution in [1.82, 2.24) is 4.98 Å². The number of hydrogen-bond acceptors (Lipinski definition) is 2. The van der Waals surface area contributed by atoms with E-state index in [-0.39, 0.29) is 0 Å². The Morgan fingerprint density at radius 1 is 1.35 bits per heavy atom. The van der Waals surface area contributed by atoms with Gasteiger partial charge in [-0.15, -0.1) is 0 Å². The topological polar surface area (TPSA) is 24.9 Å². The molecule has 0 unspecified atom stereocenters. The van der Waals surface area contributed by atoms with Gasteiger partial charge in [-0.05, 0) is 52.7 Å². The van der Waals surface area contributed by atoms with Gasteiger partial charge in [-0.3, -0.25) is 4.98 Å². The van der Waals surface area contributed by atoms with Gasteiger partial charge in [0.05, 0.1) is 16.4 Å². The molecule has 0 saturated carbocycles. The minimum atomic E-state index is 0.729. The monoisotopic (exact) mass is 310 g/mol. The molecular weight excluding hydrogens is 300 g/mol. The number of halogens is 2. The Balaban J connectivity index is 2.08. The molecule has 0 spiro atoms. The van der Waals surface area contributed by atoms with E-state index in [0.29, 0.717) is 0 Å². The number of pyridine rings is 1. The highest BCUT2D eigenvalue weighted by Gasteiger charge is 2.01. The van der Waals surface area contributed by atoms with Crippen LogP contribution in [-0.4, -0.2) is 4.98 Å². The summed E-state index contributed by atoms with van der Waals surface area (Å²) in [6.07, 6.45) is 1.79. The Kier molecular flexibility index (Phi) is 4.02. The molecule has 0 atom stereocenters. The summed E-state index contributed by atoms with van der Waals surface area (Å²) in [5.41, 5.74) is 3.18. The number of nitrogens with one attached hydrogen (secondary N) is 1. The van der Waals surface area contributed by atoms with E-state index in [2.05, 4.69) is 26.2 Å². The van der Waals surface area contributed by atoms with Crippen molar-refractivity contribution in [2.45, 2.75) is 13.5 Å². The van der Waals surface area contributed by atoms with Crippen LogP contribution in [0.2, 0.25) is 5.02 Å². The lowest BCUT2D eigenvalue weighted by atomic mass is 10.2. The number of hydrogen-bond donors (Lipinski definition) is 1. The molecule has 1 N–H and O–H groups in total. The lowest BCUT2D eigenvalue weighted by Gasteiger charge is -2.09. The minimum Gasteiger partial charge on any atom is -0.380 e. The average Bonchev–Trinajstić information content (AvgIpc) is 2.32. The molecule has 2 nitrogen and oxygen atoms in total. The first kappa shape index (κ1) is 12.4. The molecule has 2 aromatic rings. The fourth-order valence-corrected chi connectivity index (χ4v) is 1.97. The van der Waals surface area contributed by atoms with Crippen LogP contribution in [0.5, 0.6) is 0 Å². The lowest BCUT2D eigenvalue weighted by Crippen LogP contribution is -2.01. The quantitative estimate of drug-likeness (QED) is 0.907. The van der Waals surface area contributed by atoms with Crippen LogP contribution in [-0.2, 0) is 6.54 Å². The summed E-state index contributed by atoms with van der Waals surface area (Å²) in [5, 5.41) is 4.07. The van der Waals surface area contributed by atoms with Crippen molar-refractivity contribution < 1.29 is 0 Å². The summed E-state index contributed by atoms with van der Waals surface area (Å²) in [7, 11) is 0. The molecule has 1 aromatic heterocycles. The van der Waals surface area contributed by atoms with Crippen LogP contribution >= 0.6 is 27.5 Å². The van der Waals surface area contributed by atoms with Crippen LogP contribution in [0.1, 0.15) is 11.3 Å². The maximum Gasteiger partial charge on any atom is 0.0603 e. The van der Waals surface area contributed by atoms with Gasteiger partial charge in [0, 0.05) is 17.2 Å². The smallest absolute Gasteiger partial charge is 0.0603 e. The highest BCUT2D eigenvalue weighted by Crippen LogP contribution is 2.23. The van der Waals surface area contributed by atoms with Gasteiger partial charge in [0.25, 0.3) is 0 Å². The molecule has 17 heavy (non-hydrogen) atoms. The van der Waals surface area contributed by atoms with E-state index in [0.717, 1.165) is 33.0 Å². The molecular formula is C13H12BrClN2. The number of aromatic nitrogens is 1. The van der Waals surface area contributed by atoms with Crippen LogP contribution < -0.4 is 5.32 Å². The molecule has 0 radical (unpaired) electrons. The molecule has 0 saturated heterocycles. The number of anilines is 1. The van der Waals surface area contributed by atoms with Gasteiger partial charge < -0.3 is 5.32 Å². The fraction of sp³-hybridized carbons (Fsp3) is 0.154. The summed E-state index contributed by atoms with van der Waals surface area (Å²) in [6, 6.07) is 9.88. The van der Waals surface area contributed by atoms with E-state index < -0.39 is 0 Å². The first-order valence-electron chi connectivity index (χ1n) is 5.26. The predicted octanol–water partition coefficient (Wildman–Crippen LogP) is 4.42. The van der Waals surface area contributed by atoms with Crippen molar-refractivity contribution in [3.8, 4) is 0 Å². The molecule has 0 aliphatic heterocycles. The number of aryl methyl sites for hydroxylation is 1.